The van der Waals surface area contributed by atoms with Crippen LogP contribution in [0, 0.1) is 0 Å². The molecule has 0 aromatic carbocycles. The molecule has 1 fully saturated rings. The van der Waals surface area contributed by atoms with Gasteiger partial charge in [-0.05, 0) is 33.2 Å². The van der Waals surface area contributed by atoms with Gasteiger partial charge >= 0.3 is 0 Å². The molecule has 3 nitrogen and oxygen atoms in total. The van der Waals surface area contributed by atoms with Crippen LogP contribution in [0.4, 0.5) is 0 Å². The lowest BCUT2D eigenvalue weighted by atomic mass is 9.94. The summed E-state index contributed by atoms with van der Waals surface area (Å²) >= 11 is 0. The van der Waals surface area contributed by atoms with Crippen molar-refractivity contribution >= 4 is 0 Å². The molecule has 1 rings (SSSR count). The largest absolute Gasteiger partial charge is 0.352 e. The number of hydrogen-bond donors (Lipinski definition) is 0. The van der Waals surface area contributed by atoms with E-state index >= 15 is 0 Å². The van der Waals surface area contributed by atoms with Crippen molar-refractivity contribution in [2.75, 3.05) is 26.3 Å². The van der Waals surface area contributed by atoms with Crippen LogP contribution >= 0.6 is 0 Å². The van der Waals surface area contributed by atoms with Gasteiger partial charge in [-0.3, -0.25) is 4.90 Å². The minimum absolute atomic E-state index is 0.0492. The highest BCUT2D eigenvalue weighted by atomic mass is 16.7. The van der Waals surface area contributed by atoms with Crippen molar-refractivity contribution in [1.82, 2.24) is 4.90 Å². The Labute approximate surface area is 106 Å². The summed E-state index contributed by atoms with van der Waals surface area (Å²) < 4.78 is 11.3. The van der Waals surface area contributed by atoms with E-state index < -0.39 is 0 Å². The first-order chi connectivity index (χ1) is 8.31. The third kappa shape index (κ3) is 5.36. The average molecular weight is 243 g/mol. The van der Waals surface area contributed by atoms with Crippen LogP contribution in [0.2, 0.25) is 0 Å². The van der Waals surface area contributed by atoms with Crippen LogP contribution in [0.1, 0.15) is 52.9 Å². The SMILES string of the molecule is CCOC(CN(CC)C1CCCCC1)OCC. The molecule has 1 aliphatic rings. The van der Waals surface area contributed by atoms with Gasteiger partial charge in [0.1, 0.15) is 0 Å². The van der Waals surface area contributed by atoms with E-state index in [0.717, 1.165) is 32.3 Å². The van der Waals surface area contributed by atoms with Gasteiger partial charge in [0.15, 0.2) is 6.29 Å². The molecule has 0 aromatic heterocycles. The number of hydrogen-bond acceptors (Lipinski definition) is 3. The summed E-state index contributed by atoms with van der Waals surface area (Å²) in [5, 5.41) is 0. The topological polar surface area (TPSA) is 21.7 Å². The van der Waals surface area contributed by atoms with Crippen molar-refractivity contribution in [2.24, 2.45) is 0 Å². The zero-order valence-electron chi connectivity index (χ0n) is 11.8. The first kappa shape index (κ1) is 14.9. The molecule has 1 saturated carbocycles. The van der Waals surface area contributed by atoms with Crippen LogP contribution in [0.25, 0.3) is 0 Å². The van der Waals surface area contributed by atoms with Crippen molar-refractivity contribution in [3.05, 3.63) is 0 Å². The predicted octanol–water partition coefficient (Wildman–Crippen LogP) is 3.04. The van der Waals surface area contributed by atoms with Crippen molar-refractivity contribution in [3.8, 4) is 0 Å². The normalized spacial score (nSPS) is 18.2. The maximum Gasteiger partial charge on any atom is 0.170 e. The van der Waals surface area contributed by atoms with Gasteiger partial charge in [0.2, 0.25) is 0 Å². The van der Waals surface area contributed by atoms with E-state index in [0.29, 0.717) is 0 Å². The zero-order chi connectivity index (χ0) is 12.5. The fraction of sp³-hybridized carbons (Fsp3) is 1.00. The molecule has 0 bridgehead atoms. The number of rotatable bonds is 8. The van der Waals surface area contributed by atoms with Gasteiger partial charge in [0.05, 0.1) is 0 Å². The fourth-order valence-corrected chi connectivity index (χ4v) is 2.70. The molecular formula is C14H29NO2. The van der Waals surface area contributed by atoms with Gasteiger partial charge in [-0.15, -0.1) is 0 Å². The number of ether oxygens (including phenoxy) is 2. The molecule has 0 amide bonds. The van der Waals surface area contributed by atoms with Crippen molar-refractivity contribution in [1.29, 1.82) is 0 Å². The lowest BCUT2D eigenvalue weighted by Gasteiger charge is -2.35. The summed E-state index contributed by atoms with van der Waals surface area (Å²) in [5.41, 5.74) is 0. The molecule has 0 atom stereocenters. The van der Waals surface area contributed by atoms with Gasteiger partial charge < -0.3 is 9.47 Å². The van der Waals surface area contributed by atoms with Crippen LogP contribution in [-0.2, 0) is 9.47 Å². The number of nitrogens with zero attached hydrogens (tertiary/aromatic N) is 1. The predicted molar refractivity (Wildman–Crippen MR) is 71.2 cm³/mol. The second-order valence-corrected chi connectivity index (χ2v) is 4.72. The second kappa shape index (κ2) is 8.90. The summed E-state index contributed by atoms with van der Waals surface area (Å²) in [6.07, 6.45) is 6.82. The third-order valence-electron chi connectivity index (χ3n) is 3.59. The van der Waals surface area contributed by atoms with E-state index in [1.165, 1.54) is 32.1 Å². The van der Waals surface area contributed by atoms with Crippen LogP contribution in [0.5, 0.6) is 0 Å². The van der Waals surface area contributed by atoms with Crippen LogP contribution in [0.15, 0.2) is 0 Å². The van der Waals surface area contributed by atoms with Crippen LogP contribution < -0.4 is 0 Å². The Kier molecular flexibility index (Phi) is 7.82. The minimum atomic E-state index is -0.0492. The molecule has 17 heavy (non-hydrogen) atoms. The van der Waals surface area contributed by atoms with E-state index in [-0.39, 0.29) is 6.29 Å². The van der Waals surface area contributed by atoms with E-state index in [2.05, 4.69) is 11.8 Å². The zero-order valence-corrected chi connectivity index (χ0v) is 11.8. The molecule has 0 saturated heterocycles. The Morgan fingerprint density at radius 3 is 2.06 bits per heavy atom. The summed E-state index contributed by atoms with van der Waals surface area (Å²) in [7, 11) is 0. The highest BCUT2D eigenvalue weighted by Crippen LogP contribution is 2.22. The summed E-state index contributed by atoms with van der Waals surface area (Å²) in [4.78, 5) is 2.54. The van der Waals surface area contributed by atoms with Gasteiger partial charge in [-0.1, -0.05) is 26.2 Å². The van der Waals surface area contributed by atoms with E-state index in [1.54, 1.807) is 0 Å². The van der Waals surface area contributed by atoms with Crippen LogP contribution in [-0.4, -0.2) is 43.5 Å². The summed E-state index contributed by atoms with van der Waals surface area (Å²) in [6, 6.07) is 0.747. The maximum absolute atomic E-state index is 5.64. The Morgan fingerprint density at radius 2 is 1.59 bits per heavy atom. The fourth-order valence-electron chi connectivity index (χ4n) is 2.70. The van der Waals surface area contributed by atoms with E-state index in [9.17, 15) is 0 Å². The Hall–Kier alpha value is -0.120. The van der Waals surface area contributed by atoms with Gasteiger partial charge in [-0.2, -0.15) is 0 Å². The molecule has 0 aromatic rings. The van der Waals surface area contributed by atoms with Crippen molar-refractivity contribution in [3.63, 3.8) is 0 Å². The van der Waals surface area contributed by atoms with Crippen LogP contribution in [0.3, 0.4) is 0 Å². The molecule has 0 aliphatic heterocycles. The average Bonchev–Trinajstić information content (AvgIpc) is 2.37. The molecule has 1 aliphatic carbocycles. The summed E-state index contributed by atoms with van der Waals surface area (Å²) in [5.74, 6) is 0. The quantitative estimate of drug-likeness (QED) is 0.612. The second-order valence-electron chi connectivity index (χ2n) is 4.72. The smallest absolute Gasteiger partial charge is 0.170 e. The molecule has 0 spiro atoms. The molecule has 0 unspecified atom stereocenters. The highest BCUT2D eigenvalue weighted by Gasteiger charge is 2.22. The van der Waals surface area contributed by atoms with Crippen molar-refractivity contribution < 1.29 is 9.47 Å². The van der Waals surface area contributed by atoms with E-state index in [4.69, 9.17) is 9.47 Å². The molecular weight excluding hydrogens is 214 g/mol. The maximum atomic E-state index is 5.64. The summed E-state index contributed by atoms with van der Waals surface area (Å²) in [6.45, 7) is 9.78. The molecule has 0 N–H and O–H groups in total. The highest BCUT2D eigenvalue weighted by molar-refractivity contribution is 4.75. The Bertz CT molecular complexity index is 175. The third-order valence-corrected chi connectivity index (χ3v) is 3.59. The molecule has 3 heteroatoms. The molecule has 102 valence electrons. The van der Waals surface area contributed by atoms with E-state index in [1.807, 2.05) is 13.8 Å². The van der Waals surface area contributed by atoms with Gasteiger partial charge in [-0.25, -0.2) is 0 Å². The standard InChI is InChI=1S/C14H29NO2/c1-4-15(13-10-8-7-9-11-13)12-14(16-5-2)17-6-3/h13-14H,4-12H2,1-3H3. The Morgan fingerprint density at radius 1 is 1.00 bits per heavy atom. The van der Waals surface area contributed by atoms with Gasteiger partial charge in [0, 0.05) is 25.8 Å². The Balaban J connectivity index is 2.41. The lowest BCUT2D eigenvalue weighted by molar-refractivity contribution is -0.151. The first-order valence-electron chi connectivity index (χ1n) is 7.29. The number of likely N-dealkylation sites (N-methyl/N-ethyl adjacent to an activating group) is 1. The van der Waals surface area contributed by atoms with Gasteiger partial charge in [0.25, 0.3) is 0 Å². The minimum Gasteiger partial charge on any atom is -0.352 e. The van der Waals surface area contributed by atoms with Crippen molar-refractivity contribution in [2.45, 2.75) is 65.2 Å². The monoisotopic (exact) mass is 243 g/mol. The molecule has 0 heterocycles. The molecule has 0 radical (unpaired) electrons. The lowest BCUT2D eigenvalue weighted by Crippen LogP contribution is -2.43. The first-order valence-corrected chi connectivity index (χ1v) is 7.29.